The lowest BCUT2D eigenvalue weighted by molar-refractivity contribution is 0.0708. The summed E-state index contributed by atoms with van der Waals surface area (Å²) in [4.78, 5) is 0. The molecule has 0 aliphatic carbocycles. The zero-order valence-electron chi connectivity index (χ0n) is 11.9. The minimum Gasteiger partial charge on any atom is -0.393 e. The van der Waals surface area contributed by atoms with E-state index in [-0.39, 0.29) is 0 Å². The molecular formula is C18H19NO2. The number of benzene rings is 2. The maximum absolute atomic E-state index is 10.5. The van der Waals surface area contributed by atoms with Crippen molar-refractivity contribution in [2.24, 2.45) is 5.92 Å². The van der Waals surface area contributed by atoms with Crippen molar-refractivity contribution >= 4 is 0 Å². The monoisotopic (exact) mass is 281 g/mol. The molecule has 0 aliphatic heterocycles. The number of nitrogens with zero attached hydrogens (tertiary/aromatic N) is 1. The Morgan fingerprint density at radius 1 is 0.857 bits per heavy atom. The topological polar surface area (TPSA) is 64.2 Å². The molecule has 21 heavy (non-hydrogen) atoms. The van der Waals surface area contributed by atoms with Gasteiger partial charge in [-0.15, -0.1) is 0 Å². The molecule has 0 heterocycles. The van der Waals surface area contributed by atoms with Gasteiger partial charge in [0, 0.05) is 5.92 Å². The van der Waals surface area contributed by atoms with E-state index in [1.54, 1.807) is 19.1 Å². The Bertz CT molecular complexity index is 590. The molecule has 0 radical (unpaired) electrons. The van der Waals surface area contributed by atoms with Crippen molar-refractivity contribution in [3.8, 4) is 6.07 Å². The summed E-state index contributed by atoms with van der Waals surface area (Å²) < 4.78 is 0. The molecule has 4 atom stereocenters. The van der Waals surface area contributed by atoms with Crippen LogP contribution in [0.25, 0.3) is 0 Å². The molecule has 0 spiro atoms. The molecule has 0 aliphatic rings. The second-order valence-electron chi connectivity index (χ2n) is 5.19. The van der Waals surface area contributed by atoms with Crippen molar-refractivity contribution in [1.82, 2.24) is 0 Å². The third-order valence-corrected chi connectivity index (χ3v) is 3.72. The molecule has 2 aromatic rings. The largest absolute Gasteiger partial charge is 0.393 e. The van der Waals surface area contributed by atoms with Gasteiger partial charge in [-0.05, 0) is 18.1 Å². The second kappa shape index (κ2) is 7.03. The van der Waals surface area contributed by atoms with Gasteiger partial charge in [0.15, 0.2) is 0 Å². The van der Waals surface area contributed by atoms with Crippen LogP contribution >= 0.6 is 0 Å². The number of aliphatic hydroxyl groups is 2. The molecule has 0 unspecified atom stereocenters. The van der Waals surface area contributed by atoms with E-state index in [4.69, 9.17) is 0 Å². The third-order valence-electron chi connectivity index (χ3n) is 3.72. The number of rotatable bonds is 5. The lowest BCUT2D eigenvalue weighted by atomic mass is 9.78. The Morgan fingerprint density at radius 2 is 1.33 bits per heavy atom. The molecule has 0 fully saturated rings. The van der Waals surface area contributed by atoms with Crippen LogP contribution in [0, 0.1) is 17.2 Å². The van der Waals surface area contributed by atoms with Crippen molar-refractivity contribution in [3.63, 3.8) is 0 Å². The summed E-state index contributed by atoms with van der Waals surface area (Å²) in [5.74, 6) is -1.15. The Hall–Kier alpha value is -2.15. The quantitative estimate of drug-likeness (QED) is 0.885. The number of nitriles is 1. The van der Waals surface area contributed by atoms with E-state index >= 15 is 0 Å². The van der Waals surface area contributed by atoms with E-state index < -0.39 is 24.0 Å². The van der Waals surface area contributed by atoms with Crippen LogP contribution in [0.5, 0.6) is 0 Å². The van der Waals surface area contributed by atoms with Crippen molar-refractivity contribution in [3.05, 3.63) is 71.8 Å². The summed E-state index contributed by atoms with van der Waals surface area (Å²) in [7, 11) is 0. The fraction of sp³-hybridized carbons (Fsp3) is 0.278. The van der Waals surface area contributed by atoms with E-state index in [0.29, 0.717) is 5.56 Å². The van der Waals surface area contributed by atoms with E-state index in [2.05, 4.69) is 6.07 Å². The number of hydrogen-bond donors (Lipinski definition) is 2. The van der Waals surface area contributed by atoms with Gasteiger partial charge in [0.2, 0.25) is 0 Å². The minimum absolute atomic E-state index is 0.439. The summed E-state index contributed by atoms with van der Waals surface area (Å²) in [5, 5.41) is 30.1. The first-order chi connectivity index (χ1) is 10.1. The standard InChI is InChI=1S/C18H19NO2/c1-13(20)17(14-8-4-2-5-9-14)16(12-19)18(21)15-10-6-3-7-11-15/h2-11,13,16-18,20-21H,1H3/t13-,16-,17-,18+/m0/s1. The van der Waals surface area contributed by atoms with Crippen LogP contribution in [-0.4, -0.2) is 16.3 Å². The maximum Gasteiger partial charge on any atom is 0.0955 e. The van der Waals surface area contributed by atoms with Gasteiger partial charge in [0.05, 0.1) is 24.2 Å². The summed E-state index contributed by atoms with van der Waals surface area (Å²) in [6.45, 7) is 1.65. The van der Waals surface area contributed by atoms with Gasteiger partial charge in [0.1, 0.15) is 0 Å². The lowest BCUT2D eigenvalue weighted by Crippen LogP contribution is -2.27. The summed E-state index contributed by atoms with van der Waals surface area (Å²) in [6, 6.07) is 20.6. The van der Waals surface area contributed by atoms with Crippen LogP contribution < -0.4 is 0 Å². The summed E-state index contributed by atoms with van der Waals surface area (Å²) >= 11 is 0. The molecule has 0 bridgehead atoms. The molecular weight excluding hydrogens is 262 g/mol. The Morgan fingerprint density at radius 3 is 1.76 bits per heavy atom. The van der Waals surface area contributed by atoms with Gasteiger partial charge in [-0.1, -0.05) is 60.7 Å². The zero-order valence-corrected chi connectivity index (χ0v) is 11.9. The first-order valence-corrected chi connectivity index (χ1v) is 7.00. The van der Waals surface area contributed by atoms with E-state index in [1.165, 1.54) is 0 Å². The Kier molecular flexibility index (Phi) is 5.10. The van der Waals surface area contributed by atoms with Crippen molar-refractivity contribution in [2.75, 3.05) is 0 Å². The molecule has 2 aromatic carbocycles. The van der Waals surface area contributed by atoms with Crippen LogP contribution in [-0.2, 0) is 0 Å². The van der Waals surface area contributed by atoms with Gasteiger partial charge in [-0.3, -0.25) is 0 Å². The van der Waals surface area contributed by atoms with E-state index in [9.17, 15) is 15.5 Å². The molecule has 2 N–H and O–H groups in total. The lowest BCUT2D eigenvalue weighted by Gasteiger charge is -2.28. The van der Waals surface area contributed by atoms with Gasteiger partial charge in [0.25, 0.3) is 0 Å². The molecule has 0 aromatic heterocycles. The summed E-state index contributed by atoms with van der Waals surface area (Å²) in [6.07, 6.45) is -1.66. The predicted molar refractivity (Wildman–Crippen MR) is 81.4 cm³/mol. The molecule has 3 heteroatoms. The molecule has 2 rings (SSSR count). The fourth-order valence-electron chi connectivity index (χ4n) is 2.67. The van der Waals surface area contributed by atoms with E-state index in [0.717, 1.165) is 5.56 Å². The number of hydrogen-bond acceptors (Lipinski definition) is 3. The highest BCUT2D eigenvalue weighted by molar-refractivity contribution is 5.27. The van der Waals surface area contributed by atoms with Gasteiger partial charge >= 0.3 is 0 Å². The van der Waals surface area contributed by atoms with Crippen LogP contribution in [0.2, 0.25) is 0 Å². The Labute approximate surface area is 125 Å². The zero-order chi connectivity index (χ0) is 15.2. The third kappa shape index (κ3) is 3.49. The minimum atomic E-state index is -0.934. The molecule has 0 saturated heterocycles. The molecule has 108 valence electrons. The second-order valence-corrected chi connectivity index (χ2v) is 5.19. The molecule has 0 amide bonds. The molecule has 3 nitrogen and oxygen atoms in total. The van der Waals surface area contributed by atoms with Gasteiger partial charge in [-0.25, -0.2) is 0 Å². The first-order valence-electron chi connectivity index (χ1n) is 7.00. The first kappa shape index (κ1) is 15.2. The van der Waals surface area contributed by atoms with Crippen LogP contribution in [0.3, 0.4) is 0 Å². The molecule has 0 saturated carbocycles. The highest BCUT2D eigenvalue weighted by atomic mass is 16.3. The normalized spacial score (nSPS) is 16.5. The highest BCUT2D eigenvalue weighted by Crippen LogP contribution is 2.36. The van der Waals surface area contributed by atoms with Crippen LogP contribution in [0.15, 0.2) is 60.7 Å². The van der Waals surface area contributed by atoms with E-state index in [1.807, 2.05) is 48.5 Å². The van der Waals surface area contributed by atoms with Crippen molar-refractivity contribution in [1.29, 1.82) is 5.26 Å². The summed E-state index contributed by atoms with van der Waals surface area (Å²) in [5.41, 5.74) is 1.54. The smallest absolute Gasteiger partial charge is 0.0955 e. The highest BCUT2D eigenvalue weighted by Gasteiger charge is 2.33. The van der Waals surface area contributed by atoms with Gasteiger partial charge in [-0.2, -0.15) is 5.26 Å². The predicted octanol–water partition coefficient (Wildman–Crippen LogP) is 3.02. The maximum atomic E-state index is 10.5. The van der Waals surface area contributed by atoms with Crippen LogP contribution in [0.1, 0.15) is 30.1 Å². The van der Waals surface area contributed by atoms with Crippen molar-refractivity contribution < 1.29 is 10.2 Å². The Balaban J connectivity index is 2.36. The number of aliphatic hydroxyl groups excluding tert-OH is 2. The average molecular weight is 281 g/mol. The average Bonchev–Trinajstić information content (AvgIpc) is 2.53. The van der Waals surface area contributed by atoms with Crippen molar-refractivity contribution in [2.45, 2.75) is 25.0 Å². The van der Waals surface area contributed by atoms with Crippen LogP contribution in [0.4, 0.5) is 0 Å². The fourth-order valence-corrected chi connectivity index (χ4v) is 2.67. The SMILES string of the molecule is C[C@H](O)[C@@H](c1ccccc1)[C@H](C#N)[C@H](O)c1ccccc1. The van der Waals surface area contributed by atoms with Gasteiger partial charge < -0.3 is 10.2 Å².